The fraction of sp³-hybridized carbons (Fsp3) is 0.278. The summed E-state index contributed by atoms with van der Waals surface area (Å²) in [5.74, 6) is 1.56. The van der Waals surface area contributed by atoms with Crippen molar-refractivity contribution < 1.29 is 33.6 Å². The number of hydrogen-bond donors (Lipinski definition) is 3. The standard InChI is InChI=1S/C36H37N9O7/c1-48-26-19-31(49-2)28(32(20-26)50-3)22-39-43-35(47)36(21-24-9-4-6-11-29(24)41-44-37)33(27-10-5-7-12-30(27)42-45-38)52-34(40-36)23-13-15-25(16-14-23)51-18-8-17-46/h4-7,9-16,19-20,33,39,46H,8,17-18,21-22H2,1-3H3,(H,43,47)/t33-,36-/m0/s1. The zero-order chi connectivity index (χ0) is 36.9. The lowest BCUT2D eigenvalue weighted by Crippen LogP contribution is -2.53. The third kappa shape index (κ3) is 8.12. The van der Waals surface area contributed by atoms with Crippen molar-refractivity contribution in [3.05, 3.63) is 128 Å². The highest BCUT2D eigenvalue weighted by molar-refractivity contribution is 6.01. The van der Waals surface area contributed by atoms with E-state index in [0.29, 0.717) is 64.0 Å². The summed E-state index contributed by atoms with van der Waals surface area (Å²) in [6.45, 7) is 0.410. The largest absolute Gasteiger partial charge is 0.496 e. The van der Waals surface area contributed by atoms with Gasteiger partial charge in [0.05, 0.1) is 33.5 Å². The maximum Gasteiger partial charge on any atom is 0.266 e. The molecule has 0 aromatic heterocycles. The molecular weight excluding hydrogens is 670 g/mol. The van der Waals surface area contributed by atoms with Gasteiger partial charge in [0.2, 0.25) is 5.90 Å². The molecule has 52 heavy (non-hydrogen) atoms. The number of carbonyl (C=O) groups excluding carboxylic acids is 1. The number of nitrogens with zero attached hydrogens (tertiary/aromatic N) is 7. The SMILES string of the molecule is COc1cc(OC)c(CNNC(=O)[C@@]2(Cc3ccccc3N=[N+]=[N-])N=C(c3ccc(OCCCO)cc3)O[C@H]2c2ccccc2N=[N+]=[N-])c(OC)c1. The summed E-state index contributed by atoms with van der Waals surface area (Å²) < 4.78 is 28.8. The number of rotatable bonds is 17. The number of ether oxygens (including phenoxy) is 5. The summed E-state index contributed by atoms with van der Waals surface area (Å²) in [6.07, 6.45) is -0.743. The van der Waals surface area contributed by atoms with E-state index < -0.39 is 17.6 Å². The van der Waals surface area contributed by atoms with Crippen LogP contribution in [0.3, 0.4) is 0 Å². The van der Waals surface area contributed by atoms with E-state index in [1.54, 1.807) is 84.9 Å². The molecule has 0 fully saturated rings. The van der Waals surface area contributed by atoms with Crippen molar-refractivity contribution in [2.45, 2.75) is 31.0 Å². The number of nitrogens with one attached hydrogen (secondary N) is 2. The fourth-order valence-electron chi connectivity index (χ4n) is 5.78. The fourth-order valence-corrected chi connectivity index (χ4v) is 5.78. The number of benzene rings is 4. The third-order valence-electron chi connectivity index (χ3n) is 8.29. The number of aliphatic imine (C=N–C) groups is 1. The van der Waals surface area contributed by atoms with Gasteiger partial charge in [-0.25, -0.2) is 10.4 Å². The van der Waals surface area contributed by atoms with Crippen LogP contribution in [0.25, 0.3) is 20.9 Å². The van der Waals surface area contributed by atoms with Gasteiger partial charge < -0.3 is 28.8 Å². The molecule has 0 spiro atoms. The van der Waals surface area contributed by atoms with Crippen LogP contribution >= 0.6 is 0 Å². The second-order valence-corrected chi connectivity index (χ2v) is 11.4. The Kier molecular flexibility index (Phi) is 12.4. The molecule has 0 saturated carbocycles. The summed E-state index contributed by atoms with van der Waals surface area (Å²) in [5, 5.41) is 16.9. The van der Waals surface area contributed by atoms with E-state index in [0.717, 1.165) is 0 Å². The second-order valence-electron chi connectivity index (χ2n) is 11.4. The van der Waals surface area contributed by atoms with Crippen molar-refractivity contribution >= 4 is 23.2 Å². The minimum Gasteiger partial charge on any atom is -0.496 e. The summed E-state index contributed by atoms with van der Waals surface area (Å²) in [6, 6.07) is 24.0. The van der Waals surface area contributed by atoms with Gasteiger partial charge in [0.15, 0.2) is 11.6 Å². The maximum atomic E-state index is 14.8. The molecule has 4 aromatic rings. The van der Waals surface area contributed by atoms with Crippen molar-refractivity contribution in [3.8, 4) is 23.0 Å². The van der Waals surface area contributed by atoms with E-state index >= 15 is 0 Å². The van der Waals surface area contributed by atoms with Crippen LogP contribution in [0.1, 0.15) is 34.8 Å². The van der Waals surface area contributed by atoms with Gasteiger partial charge in [0.25, 0.3) is 5.91 Å². The Morgan fingerprint density at radius 3 is 2.21 bits per heavy atom. The topological polar surface area (TPSA) is 217 Å². The molecule has 0 saturated heterocycles. The Hall–Kier alpha value is -6.44. The lowest BCUT2D eigenvalue weighted by atomic mass is 9.81. The molecule has 5 rings (SSSR count). The van der Waals surface area contributed by atoms with Crippen molar-refractivity contribution in [2.75, 3.05) is 34.5 Å². The summed E-state index contributed by atoms with van der Waals surface area (Å²) in [5.41, 5.74) is 25.4. The van der Waals surface area contributed by atoms with Gasteiger partial charge in [0.1, 0.15) is 23.0 Å². The Balaban J connectivity index is 1.61. The van der Waals surface area contributed by atoms with Crippen LogP contribution in [-0.4, -0.2) is 57.0 Å². The average molecular weight is 708 g/mol. The Labute approximate surface area is 299 Å². The Morgan fingerprint density at radius 2 is 1.56 bits per heavy atom. The van der Waals surface area contributed by atoms with Gasteiger partial charge in [-0.15, -0.1) is 0 Å². The Bertz CT molecular complexity index is 1990. The van der Waals surface area contributed by atoms with E-state index in [9.17, 15) is 15.9 Å². The monoisotopic (exact) mass is 707 g/mol. The molecule has 0 radical (unpaired) electrons. The molecule has 0 aliphatic carbocycles. The van der Waals surface area contributed by atoms with Gasteiger partial charge in [-0.2, -0.15) is 0 Å². The number of amides is 1. The number of hydrazine groups is 1. The lowest BCUT2D eigenvalue weighted by molar-refractivity contribution is -0.130. The summed E-state index contributed by atoms with van der Waals surface area (Å²) in [7, 11) is 4.55. The van der Waals surface area contributed by atoms with E-state index in [-0.39, 0.29) is 31.2 Å². The molecule has 3 N–H and O–H groups in total. The van der Waals surface area contributed by atoms with Gasteiger partial charge >= 0.3 is 0 Å². The molecule has 4 aromatic carbocycles. The molecule has 16 nitrogen and oxygen atoms in total. The van der Waals surface area contributed by atoms with Gasteiger partial charge in [-0.05, 0) is 40.9 Å². The van der Waals surface area contributed by atoms with Crippen LogP contribution in [-0.2, 0) is 22.5 Å². The van der Waals surface area contributed by atoms with E-state index in [1.807, 2.05) is 0 Å². The molecule has 2 atom stereocenters. The van der Waals surface area contributed by atoms with Gasteiger partial charge in [-0.3, -0.25) is 10.2 Å². The first-order valence-corrected chi connectivity index (χ1v) is 16.1. The van der Waals surface area contributed by atoms with Crippen molar-refractivity contribution in [1.82, 2.24) is 10.9 Å². The average Bonchev–Trinajstić information content (AvgIpc) is 3.56. The second kappa shape index (κ2) is 17.5. The van der Waals surface area contributed by atoms with Crippen LogP contribution in [0, 0.1) is 0 Å². The van der Waals surface area contributed by atoms with Crippen LogP contribution < -0.4 is 29.8 Å². The Morgan fingerprint density at radius 1 is 0.904 bits per heavy atom. The first-order valence-electron chi connectivity index (χ1n) is 16.1. The molecule has 1 aliphatic heterocycles. The summed E-state index contributed by atoms with van der Waals surface area (Å²) >= 11 is 0. The highest BCUT2D eigenvalue weighted by Crippen LogP contribution is 2.46. The molecule has 268 valence electrons. The number of azide groups is 2. The van der Waals surface area contributed by atoms with E-state index in [1.165, 1.54) is 21.3 Å². The van der Waals surface area contributed by atoms with Crippen molar-refractivity contribution in [2.24, 2.45) is 15.2 Å². The third-order valence-corrected chi connectivity index (χ3v) is 8.29. The van der Waals surface area contributed by atoms with Gasteiger partial charge in [-0.1, -0.05) is 58.8 Å². The van der Waals surface area contributed by atoms with Crippen LogP contribution in [0.15, 0.2) is 100 Å². The predicted octanol–water partition coefficient (Wildman–Crippen LogP) is 6.68. The van der Waals surface area contributed by atoms with E-state index in [4.69, 9.17) is 33.8 Å². The first-order chi connectivity index (χ1) is 25.4. The smallest absolute Gasteiger partial charge is 0.266 e. The molecule has 0 unspecified atom stereocenters. The maximum absolute atomic E-state index is 14.8. The highest BCUT2D eigenvalue weighted by Gasteiger charge is 2.54. The number of aliphatic hydroxyl groups excluding tert-OH is 1. The summed E-state index contributed by atoms with van der Waals surface area (Å²) in [4.78, 5) is 25.8. The molecule has 1 heterocycles. The zero-order valence-electron chi connectivity index (χ0n) is 28.7. The first kappa shape index (κ1) is 36.8. The molecule has 16 heteroatoms. The van der Waals surface area contributed by atoms with E-state index in [2.05, 4.69) is 30.9 Å². The molecule has 1 aliphatic rings. The van der Waals surface area contributed by atoms with Crippen LogP contribution in [0.5, 0.6) is 23.0 Å². The minimum atomic E-state index is -1.76. The predicted molar refractivity (Wildman–Crippen MR) is 192 cm³/mol. The highest BCUT2D eigenvalue weighted by atomic mass is 16.5. The zero-order valence-corrected chi connectivity index (χ0v) is 28.7. The normalized spacial score (nSPS) is 16.0. The van der Waals surface area contributed by atoms with Gasteiger partial charge in [0, 0.05) is 70.5 Å². The number of hydrogen-bond acceptors (Lipinski definition) is 11. The molecule has 1 amide bonds. The number of carbonyl (C=O) groups is 1. The molecule has 0 bridgehead atoms. The quantitative estimate of drug-likeness (QED) is 0.0353. The van der Waals surface area contributed by atoms with Crippen molar-refractivity contribution in [3.63, 3.8) is 0 Å². The number of methoxy groups -OCH3 is 3. The van der Waals surface area contributed by atoms with Crippen LogP contribution in [0.4, 0.5) is 11.4 Å². The minimum absolute atomic E-state index is 0.00440. The number of aliphatic hydroxyl groups is 1. The van der Waals surface area contributed by atoms with Crippen LogP contribution in [0.2, 0.25) is 0 Å². The molecular formula is C36H37N9O7. The van der Waals surface area contributed by atoms with Crippen molar-refractivity contribution in [1.29, 1.82) is 0 Å². The lowest BCUT2D eigenvalue weighted by Gasteiger charge is -2.32.